The summed E-state index contributed by atoms with van der Waals surface area (Å²) >= 11 is 1.60. The van der Waals surface area contributed by atoms with Crippen molar-refractivity contribution < 1.29 is 14.0 Å². The van der Waals surface area contributed by atoms with Gasteiger partial charge in [0.2, 0.25) is 5.91 Å². The van der Waals surface area contributed by atoms with E-state index in [1.165, 1.54) is 0 Å². The minimum atomic E-state index is -0.0461. The van der Waals surface area contributed by atoms with E-state index in [-0.39, 0.29) is 17.2 Å². The van der Waals surface area contributed by atoms with Crippen LogP contribution in [0, 0.1) is 0 Å². The Labute approximate surface area is 152 Å². The van der Waals surface area contributed by atoms with Gasteiger partial charge >= 0.3 is 0 Å². The van der Waals surface area contributed by atoms with Gasteiger partial charge in [-0.05, 0) is 43.7 Å². The Balaban J connectivity index is 1.76. The van der Waals surface area contributed by atoms with Crippen molar-refractivity contribution in [2.45, 2.75) is 25.8 Å². The van der Waals surface area contributed by atoms with Crippen LogP contribution in [-0.4, -0.2) is 40.5 Å². The van der Waals surface area contributed by atoms with Gasteiger partial charge in [0.1, 0.15) is 11.1 Å². The minimum Gasteiger partial charge on any atom is -0.467 e. The second-order valence-corrected chi connectivity index (χ2v) is 6.93. The number of amides is 2. The first-order chi connectivity index (χ1) is 12.1. The molecule has 3 rings (SSSR count). The number of thioether (sulfide) groups is 1. The Morgan fingerprint density at radius 3 is 2.56 bits per heavy atom. The lowest BCUT2D eigenvalue weighted by molar-refractivity contribution is -0.128. The fourth-order valence-corrected chi connectivity index (χ4v) is 4.14. The Morgan fingerprint density at radius 2 is 1.96 bits per heavy atom. The summed E-state index contributed by atoms with van der Waals surface area (Å²) in [7, 11) is 0. The van der Waals surface area contributed by atoms with E-state index in [1.807, 2.05) is 55.1 Å². The SMILES string of the molecule is CCN(CC)C(=O)c1ccc(C2SCC(=O)N2Cc2ccco2)cc1. The van der Waals surface area contributed by atoms with Gasteiger partial charge in [0.15, 0.2) is 0 Å². The number of hydrogen-bond donors (Lipinski definition) is 0. The van der Waals surface area contributed by atoms with Gasteiger partial charge in [-0.15, -0.1) is 11.8 Å². The number of furan rings is 1. The molecule has 2 aromatic rings. The van der Waals surface area contributed by atoms with Crippen LogP contribution in [0.3, 0.4) is 0 Å². The maximum Gasteiger partial charge on any atom is 0.253 e. The first-order valence-corrected chi connectivity index (χ1v) is 9.51. The van der Waals surface area contributed by atoms with Crippen LogP contribution < -0.4 is 0 Å². The third-order valence-electron chi connectivity index (χ3n) is 4.37. The van der Waals surface area contributed by atoms with Gasteiger partial charge in [-0.1, -0.05) is 12.1 Å². The van der Waals surface area contributed by atoms with Crippen molar-refractivity contribution in [1.82, 2.24) is 9.80 Å². The van der Waals surface area contributed by atoms with Crippen molar-refractivity contribution in [3.63, 3.8) is 0 Å². The van der Waals surface area contributed by atoms with Crippen molar-refractivity contribution >= 4 is 23.6 Å². The highest BCUT2D eigenvalue weighted by atomic mass is 32.2. The van der Waals surface area contributed by atoms with Crippen molar-refractivity contribution in [3.8, 4) is 0 Å². The van der Waals surface area contributed by atoms with E-state index >= 15 is 0 Å². The number of rotatable bonds is 6. The van der Waals surface area contributed by atoms with E-state index in [0.717, 1.165) is 11.3 Å². The van der Waals surface area contributed by atoms with Gasteiger partial charge < -0.3 is 14.2 Å². The van der Waals surface area contributed by atoms with Crippen LogP contribution in [0.5, 0.6) is 0 Å². The van der Waals surface area contributed by atoms with Gasteiger partial charge in [-0.3, -0.25) is 9.59 Å². The van der Waals surface area contributed by atoms with Crippen LogP contribution in [0.2, 0.25) is 0 Å². The Bertz CT molecular complexity index is 724. The summed E-state index contributed by atoms with van der Waals surface area (Å²) in [6, 6.07) is 11.3. The lowest BCUT2D eigenvalue weighted by atomic mass is 10.1. The lowest BCUT2D eigenvalue weighted by Crippen LogP contribution is -2.30. The summed E-state index contributed by atoms with van der Waals surface area (Å²) < 4.78 is 5.38. The zero-order valence-corrected chi connectivity index (χ0v) is 15.3. The lowest BCUT2D eigenvalue weighted by Gasteiger charge is -2.24. The monoisotopic (exact) mass is 358 g/mol. The van der Waals surface area contributed by atoms with Crippen LogP contribution in [0.25, 0.3) is 0 Å². The van der Waals surface area contributed by atoms with E-state index in [1.54, 1.807) is 22.9 Å². The average Bonchev–Trinajstić information content (AvgIpc) is 3.27. The number of benzene rings is 1. The molecule has 1 atom stereocenters. The fraction of sp³-hybridized carbons (Fsp3) is 0.368. The van der Waals surface area contributed by atoms with Crippen molar-refractivity contribution in [1.29, 1.82) is 0 Å². The van der Waals surface area contributed by atoms with Crippen molar-refractivity contribution in [3.05, 3.63) is 59.5 Å². The van der Waals surface area contributed by atoms with Crippen molar-refractivity contribution in [2.75, 3.05) is 18.8 Å². The Hall–Kier alpha value is -2.21. The summed E-state index contributed by atoms with van der Waals surface area (Å²) in [6.07, 6.45) is 1.62. The van der Waals surface area contributed by atoms with E-state index in [9.17, 15) is 9.59 Å². The highest BCUT2D eigenvalue weighted by Crippen LogP contribution is 2.39. The second kappa shape index (κ2) is 7.78. The molecule has 0 radical (unpaired) electrons. The van der Waals surface area contributed by atoms with E-state index in [0.29, 0.717) is 31.0 Å². The van der Waals surface area contributed by atoms with Gasteiger partial charge in [0.25, 0.3) is 5.91 Å². The van der Waals surface area contributed by atoms with Gasteiger partial charge in [-0.2, -0.15) is 0 Å². The number of hydrogen-bond acceptors (Lipinski definition) is 4. The molecule has 0 spiro atoms. The normalized spacial score (nSPS) is 17.1. The quantitative estimate of drug-likeness (QED) is 0.793. The molecule has 0 bridgehead atoms. The van der Waals surface area contributed by atoms with E-state index in [4.69, 9.17) is 4.42 Å². The molecule has 1 fully saturated rings. The average molecular weight is 358 g/mol. The highest BCUT2D eigenvalue weighted by molar-refractivity contribution is 8.00. The molecule has 6 heteroatoms. The van der Waals surface area contributed by atoms with Crippen LogP contribution in [-0.2, 0) is 11.3 Å². The molecule has 2 heterocycles. The molecule has 5 nitrogen and oxygen atoms in total. The molecule has 1 saturated heterocycles. The van der Waals surface area contributed by atoms with Gasteiger partial charge in [0, 0.05) is 18.7 Å². The van der Waals surface area contributed by atoms with E-state index < -0.39 is 0 Å². The van der Waals surface area contributed by atoms with Crippen molar-refractivity contribution in [2.24, 2.45) is 0 Å². The predicted octanol–water partition coefficient (Wildman–Crippen LogP) is 3.54. The third-order valence-corrected chi connectivity index (χ3v) is 5.62. The maximum atomic E-state index is 12.4. The zero-order chi connectivity index (χ0) is 17.8. The molecule has 0 saturated carbocycles. The molecule has 25 heavy (non-hydrogen) atoms. The summed E-state index contributed by atoms with van der Waals surface area (Å²) in [6.45, 7) is 5.80. The first kappa shape index (κ1) is 17.6. The summed E-state index contributed by atoms with van der Waals surface area (Å²) in [5.74, 6) is 1.38. The molecule has 2 amide bonds. The largest absolute Gasteiger partial charge is 0.467 e. The standard InChI is InChI=1S/C19H22N2O3S/c1-3-20(4-2)18(23)14-7-9-15(10-8-14)19-21(17(22)13-25-19)12-16-6-5-11-24-16/h5-11,19H,3-4,12-13H2,1-2H3. The topological polar surface area (TPSA) is 53.8 Å². The molecule has 1 aliphatic heterocycles. The maximum absolute atomic E-state index is 12.4. The molecular weight excluding hydrogens is 336 g/mol. The van der Waals surface area contributed by atoms with Gasteiger partial charge in [0.05, 0.1) is 18.6 Å². The van der Waals surface area contributed by atoms with Gasteiger partial charge in [-0.25, -0.2) is 0 Å². The fourth-order valence-electron chi connectivity index (χ4n) is 2.96. The highest BCUT2D eigenvalue weighted by Gasteiger charge is 2.33. The molecule has 1 aliphatic rings. The molecule has 1 unspecified atom stereocenters. The zero-order valence-electron chi connectivity index (χ0n) is 14.5. The third kappa shape index (κ3) is 3.74. The van der Waals surface area contributed by atoms with Crippen LogP contribution >= 0.6 is 11.8 Å². The van der Waals surface area contributed by atoms with E-state index in [2.05, 4.69) is 0 Å². The van der Waals surface area contributed by atoms with Crippen LogP contribution in [0.1, 0.15) is 40.9 Å². The molecule has 1 aromatic carbocycles. The molecule has 132 valence electrons. The molecule has 0 aliphatic carbocycles. The number of nitrogens with zero attached hydrogens (tertiary/aromatic N) is 2. The smallest absolute Gasteiger partial charge is 0.253 e. The summed E-state index contributed by atoms with van der Waals surface area (Å²) in [5, 5.41) is -0.0461. The first-order valence-electron chi connectivity index (χ1n) is 8.46. The Kier molecular flexibility index (Phi) is 5.48. The summed E-state index contributed by atoms with van der Waals surface area (Å²) in [5.41, 5.74) is 1.71. The molecular formula is C19H22N2O3S. The Morgan fingerprint density at radius 1 is 1.24 bits per heavy atom. The second-order valence-electron chi connectivity index (χ2n) is 5.86. The number of carbonyl (C=O) groups is 2. The van der Waals surface area contributed by atoms with Crippen LogP contribution in [0.4, 0.5) is 0 Å². The number of carbonyl (C=O) groups excluding carboxylic acids is 2. The summed E-state index contributed by atoms with van der Waals surface area (Å²) in [4.78, 5) is 28.3. The molecule has 1 aromatic heterocycles. The van der Waals surface area contributed by atoms with Crippen LogP contribution in [0.15, 0.2) is 47.1 Å². The molecule has 0 N–H and O–H groups in total. The minimum absolute atomic E-state index is 0.0409. The predicted molar refractivity (Wildman–Crippen MR) is 98.2 cm³/mol.